The Bertz CT molecular complexity index is 334. The molecular weight excluding hydrogens is 204 g/mol. The number of hydrogen-bond acceptors (Lipinski definition) is 2. The Morgan fingerprint density at radius 1 is 1.71 bits per heavy atom. The Morgan fingerprint density at radius 2 is 2.36 bits per heavy atom. The fourth-order valence-corrected chi connectivity index (χ4v) is 1.53. The molecule has 0 saturated heterocycles. The second kappa shape index (κ2) is 4.46. The molecule has 0 aliphatic heterocycles. The summed E-state index contributed by atoms with van der Waals surface area (Å²) in [5.41, 5.74) is 0.794. The highest BCUT2D eigenvalue weighted by molar-refractivity contribution is 6.30. The Hall–Kier alpha value is -1.03. The zero-order valence-electron chi connectivity index (χ0n) is 8.20. The molecule has 0 atom stereocenters. The molecule has 5 heteroatoms. The van der Waals surface area contributed by atoms with E-state index in [2.05, 4.69) is 5.10 Å². The van der Waals surface area contributed by atoms with Gasteiger partial charge in [-0.05, 0) is 20.3 Å². The van der Waals surface area contributed by atoms with Gasteiger partial charge in [-0.15, -0.1) is 0 Å². The van der Waals surface area contributed by atoms with E-state index in [1.165, 1.54) is 0 Å². The molecule has 0 radical (unpaired) electrons. The summed E-state index contributed by atoms with van der Waals surface area (Å²) in [6.45, 7) is 3.94. The van der Waals surface area contributed by atoms with Crippen LogP contribution in [0.1, 0.15) is 31.9 Å². The van der Waals surface area contributed by atoms with Gasteiger partial charge in [-0.3, -0.25) is 9.48 Å². The molecule has 0 aromatic carbocycles. The van der Waals surface area contributed by atoms with Crippen molar-refractivity contribution in [2.24, 2.45) is 0 Å². The van der Waals surface area contributed by atoms with Crippen LogP contribution in [0.4, 0.5) is 0 Å². The van der Waals surface area contributed by atoms with Gasteiger partial charge in [-0.25, -0.2) is 0 Å². The zero-order valence-corrected chi connectivity index (χ0v) is 8.95. The summed E-state index contributed by atoms with van der Waals surface area (Å²) in [5, 5.41) is 13.1. The van der Waals surface area contributed by atoms with Crippen molar-refractivity contribution in [1.82, 2.24) is 9.78 Å². The van der Waals surface area contributed by atoms with Gasteiger partial charge in [0.15, 0.2) is 0 Å². The van der Waals surface area contributed by atoms with Crippen molar-refractivity contribution in [3.05, 3.63) is 16.9 Å². The summed E-state index contributed by atoms with van der Waals surface area (Å²) < 4.78 is 1.68. The third-order valence-electron chi connectivity index (χ3n) is 1.90. The number of rotatable bonds is 4. The lowest BCUT2D eigenvalue weighted by Gasteiger charge is -2.06. The number of nitrogens with zero attached hydrogens (tertiary/aromatic N) is 2. The lowest BCUT2D eigenvalue weighted by atomic mass is 10.2. The minimum absolute atomic E-state index is 0.0868. The number of carboxylic acid groups (broad SMARTS) is 1. The summed E-state index contributed by atoms with van der Waals surface area (Å²) >= 11 is 6.01. The number of hydrogen-bond donors (Lipinski definition) is 1. The van der Waals surface area contributed by atoms with E-state index in [-0.39, 0.29) is 12.5 Å². The molecule has 78 valence electrons. The van der Waals surface area contributed by atoms with E-state index in [1.54, 1.807) is 10.9 Å². The van der Waals surface area contributed by atoms with E-state index in [4.69, 9.17) is 16.7 Å². The normalized spacial score (nSPS) is 10.9. The van der Waals surface area contributed by atoms with Crippen molar-refractivity contribution in [2.45, 2.75) is 32.7 Å². The van der Waals surface area contributed by atoms with Crippen molar-refractivity contribution in [3.8, 4) is 0 Å². The summed E-state index contributed by atoms with van der Waals surface area (Å²) in [6.07, 6.45) is 2.15. The highest BCUT2D eigenvalue weighted by atomic mass is 35.5. The van der Waals surface area contributed by atoms with Gasteiger partial charge in [0.1, 0.15) is 5.15 Å². The standard InChI is InChI=1S/C9H13ClN2O2/c1-6(2)12-9(10)7(5-11-12)3-4-8(13)14/h5-6H,3-4H2,1-2H3,(H,13,14). The van der Waals surface area contributed by atoms with Crippen LogP contribution >= 0.6 is 11.6 Å². The lowest BCUT2D eigenvalue weighted by molar-refractivity contribution is -0.136. The van der Waals surface area contributed by atoms with Crippen LogP contribution in [0.3, 0.4) is 0 Å². The number of aryl methyl sites for hydroxylation is 1. The molecule has 0 saturated carbocycles. The summed E-state index contributed by atoms with van der Waals surface area (Å²) in [5.74, 6) is -0.821. The van der Waals surface area contributed by atoms with E-state index in [1.807, 2.05) is 13.8 Å². The molecule has 0 bridgehead atoms. The summed E-state index contributed by atoms with van der Waals surface area (Å²) in [6, 6.07) is 0.195. The zero-order chi connectivity index (χ0) is 10.7. The first-order chi connectivity index (χ1) is 6.52. The van der Waals surface area contributed by atoms with Gasteiger partial charge in [0.25, 0.3) is 0 Å². The van der Waals surface area contributed by atoms with Gasteiger partial charge >= 0.3 is 5.97 Å². The molecule has 0 fully saturated rings. The molecule has 1 N–H and O–H groups in total. The van der Waals surface area contributed by atoms with Crippen molar-refractivity contribution < 1.29 is 9.90 Å². The largest absolute Gasteiger partial charge is 0.481 e. The second-order valence-electron chi connectivity index (χ2n) is 3.39. The van der Waals surface area contributed by atoms with E-state index >= 15 is 0 Å². The van der Waals surface area contributed by atoms with Crippen LogP contribution in [0.5, 0.6) is 0 Å². The third-order valence-corrected chi connectivity index (χ3v) is 2.32. The quantitative estimate of drug-likeness (QED) is 0.839. The number of carboxylic acids is 1. The molecular formula is C9H13ClN2O2. The van der Waals surface area contributed by atoms with Crippen LogP contribution in [-0.2, 0) is 11.2 Å². The van der Waals surface area contributed by atoms with Crippen LogP contribution in [0.25, 0.3) is 0 Å². The van der Waals surface area contributed by atoms with E-state index in [9.17, 15) is 4.79 Å². The molecule has 0 unspecified atom stereocenters. The molecule has 4 nitrogen and oxygen atoms in total. The van der Waals surface area contributed by atoms with Gasteiger partial charge in [0.05, 0.1) is 6.20 Å². The molecule has 0 aliphatic carbocycles. The predicted molar refractivity (Wildman–Crippen MR) is 53.6 cm³/mol. The van der Waals surface area contributed by atoms with Crippen LogP contribution in [0.2, 0.25) is 5.15 Å². The summed E-state index contributed by atoms with van der Waals surface area (Å²) in [7, 11) is 0. The third kappa shape index (κ3) is 2.48. The minimum atomic E-state index is -0.821. The Morgan fingerprint density at radius 3 is 2.79 bits per heavy atom. The predicted octanol–water partition coefficient (Wildman–Crippen LogP) is 2.13. The molecule has 1 aromatic rings. The summed E-state index contributed by atoms with van der Waals surface area (Å²) in [4.78, 5) is 10.4. The SMILES string of the molecule is CC(C)n1ncc(CCC(=O)O)c1Cl. The van der Waals surface area contributed by atoms with Crippen LogP contribution < -0.4 is 0 Å². The molecule has 1 heterocycles. The smallest absolute Gasteiger partial charge is 0.303 e. The van der Waals surface area contributed by atoms with Gasteiger partial charge in [-0.2, -0.15) is 5.10 Å². The van der Waals surface area contributed by atoms with Crippen molar-refractivity contribution >= 4 is 17.6 Å². The van der Waals surface area contributed by atoms with E-state index in [0.717, 1.165) is 5.56 Å². The van der Waals surface area contributed by atoms with Crippen LogP contribution in [0, 0.1) is 0 Å². The van der Waals surface area contributed by atoms with Gasteiger partial charge in [0.2, 0.25) is 0 Å². The molecule has 0 spiro atoms. The first kappa shape index (κ1) is 11.0. The highest BCUT2D eigenvalue weighted by Gasteiger charge is 2.11. The number of aromatic nitrogens is 2. The molecule has 1 aromatic heterocycles. The Balaban J connectivity index is 2.74. The molecule has 0 amide bonds. The molecule has 14 heavy (non-hydrogen) atoms. The van der Waals surface area contributed by atoms with Crippen LogP contribution in [0.15, 0.2) is 6.20 Å². The number of carbonyl (C=O) groups is 1. The van der Waals surface area contributed by atoms with E-state index < -0.39 is 5.97 Å². The first-order valence-corrected chi connectivity index (χ1v) is 4.84. The lowest BCUT2D eigenvalue weighted by Crippen LogP contribution is -2.03. The molecule has 0 aliphatic rings. The maximum absolute atomic E-state index is 10.4. The van der Waals surface area contributed by atoms with Crippen LogP contribution in [-0.4, -0.2) is 20.9 Å². The second-order valence-corrected chi connectivity index (χ2v) is 3.75. The van der Waals surface area contributed by atoms with Crippen molar-refractivity contribution in [1.29, 1.82) is 0 Å². The first-order valence-electron chi connectivity index (χ1n) is 4.46. The number of aliphatic carboxylic acids is 1. The van der Waals surface area contributed by atoms with Gasteiger partial charge in [-0.1, -0.05) is 11.6 Å². The van der Waals surface area contributed by atoms with Crippen molar-refractivity contribution in [3.63, 3.8) is 0 Å². The maximum Gasteiger partial charge on any atom is 0.303 e. The Labute approximate surface area is 87.5 Å². The molecule has 1 rings (SSSR count). The number of halogens is 1. The van der Waals surface area contributed by atoms with Gasteiger partial charge < -0.3 is 5.11 Å². The minimum Gasteiger partial charge on any atom is -0.481 e. The average molecular weight is 217 g/mol. The maximum atomic E-state index is 10.4. The van der Waals surface area contributed by atoms with Crippen molar-refractivity contribution in [2.75, 3.05) is 0 Å². The Kier molecular flexibility index (Phi) is 3.52. The van der Waals surface area contributed by atoms with Gasteiger partial charge in [0, 0.05) is 18.0 Å². The monoisotopic (exact) mass is 216 g/mol. The average Bonchev–Trinajstić information content (AvgIpc) is 2.43. The fraction of sp³-hybridized carbons (Fsp3) is 0.556. The topological polar surface area (TPSA) is 55.1 Å². The van der Waals surface area contributed by atoms with E-state index in [0.29, 0.717) is 11.6 Å². The highest BCUT2D eigenvalue weighted by Crippen LogP contribution is 2.20. The fourth-order valence-electron chi connectivity index (χ4n) is 1.15.